The van der Waals surface area contributed by atoms with E-state index in [1.54, 1.807) is 37.4 Å². The van der Waals surface area contributed by atoms with Gasteiger partial charge in [0, 0.05) is 11.1 Å². The predicted octanol–water partition coefficient (Wildman–Crippen LogP) is 5.31. The number of rotatable bonds is 10. The van der Waals surface area contributed by atoms with E-state index in [1.807, 2.05) is 78.1 Å². The minimum atomic E-state index is -0.866. The first-order valence-corrected chi connectivity index (χ1v) is 13.6. The molecular formula is C27H45N3O4S. The molecular weight excluding hydrogens is 462 g/mol. The molecule has 0 heterocycles. The van der Waals surface area contributed by atoms with Crippen LogP contribution < -0.4 is 10.6 Å². The number of carbonyl (C=O) groups is 3. The molecule has 0 bridgehead atoms. The average molecular weight is 508 g/mol. The lowest BCUT2D eigenvalue weighted by Crippen LogP contribution is -2.60. The maximum atomic E-state index is 14.2. The van der Waals surface area contributed by atoms with Gasteiger partial charge in [-0.05, 0) is 85.8 Å². The van der Waals surface area contributed by atoms with Crippen molar-refractivity contribution < 1.29 is 19.1 Å². The number of carbonyl (C=O) groups excluding carboxylic acids is 3. The standard InChI is InChI=1S/C27H45N3O4S/c1-11-27(8,9)30(21(19-15-13-12-14-16-19)22(31)29-25(2,3)4)23(32)20(17-18-35-10)28-24(33)34-26(5,6)7/h12-16,20-21H,11,17-18H2,1-10H3,(H,28,33)(H,29,31). The highest BCUT2D eigenvalue weighted by Gasteiger charge is 2.43. The van der Waals surface area contributed by atoms with E-state index in [4.69, 9.17) is 4.74 Å². The van der Waals surface area contributed by atoms with Gasteiger partial charge >= 0.3 is 6.09 Å². The molecule has 2 N–H and O–H groups in total. The number of thioether (sulfide) groups is 1. The summed E-state index contributed by atoms with van der Waals surface area (Å²) < 4.78 is 5.44. The van der Waals surface area contributed by atoms with Crippen molar-refractivity contribution in [2.75, 3.05) is 12.0 Å². The van der Waals surface area contributed by atoms with Gasteiger partial charge in [0.1, 0.15) is 17.7 Å². The molecule has 0 aliphatic rings. The SMILES string of the molecule is CCC(C)(C)N(C(=O)C(CCSC)NC(=O)OC(C)(C)C)C(C(=O)NC(C)(C)C)c1ccccc1. The lowest BCUT2D eigenvalue weighted by molar-refractivity contribution is -0.150. The van der Waals surface area contributed by atoms with Crippen LogP contribution in [-0.2, 0) is 14.3 Å². The molecule has 3 amide bonds. The van der Waals surface area contributed by atoms with E-state index >= 15 is 0 Å². The maximum absolute atomic E-state index is 14.2. The Labute approximate surface area is 216 Å². The molecule has 35 heavy (non-hydrogen) atoms. The Kier molecular flexibility index (Phi) is 11.1. The number of hydrogen-bond acceptors (Lipinski definition) is 5. The highest BCUT2D eigenvalue weighted by Crippen LogP contribution is 2.33. The van der Waals surface area contributed by atoms with Crippen LogP contribution in [0.3, 0.4) is 0 Å². The topological polar surface area (TPSA) is 87.7 Å². The smallest absolute Gasteiger partial charge is 0.408 e. The van der Waals surface area contributed by atoms with E-state index in [2.05, 4.69) is 10.6 Å². The van der Waals surface area contributed by atoms with Crippen molar-refractivity contribution in [1.29, 1.82) is 0 Å². The molecule has 1 rings (SSSR count). The molecule has 8 heteroatoms. The third-order valence-corrected chi connectivity index (χ3v) is 6.12. The van der Waals surface area contributed by atoms with Crippen molar-refractivity contribution in [1.82, 2.24) is 15.5 Å². The lowest BCUT2D eigenvalue weighted by atomic mass is 9.91. The summed E-state index contributed by atoms with van der Waals surface area (Å²) in [6, 6.07) is 7.61. The molecule has 2 atom stereocenters. The van der Waals surface area contributed by atoms with E-state index < -0.39 is 34.9 Å². The quantitative estimate of drug-likeness (QED) is 0.448. The summed E-state index contributed by atoms with van der Waals surface area (Å²) in [6.45, 7) is 17.0. The summed E-state index contributed by atoms with van der Waals surface area (Å²) in [4.78, 5) is 42.2. The molecule has 0 fully saturated rings. The third-order valence-electron chi connectivity index (χ3n) is 5.47. The zero-order valence-corrected chi connectivity index (χ0v) is 24.0. The van der Waals surface area contributed by atoms with E-state index in [-0.39, 0.29) is 11.8 Å². The van der Waals surface area contributed by atoms with Crippen LogP contribution in [0.2, 0.25) is 0 Å². The number of ether oxygens (including phenoxy) is 1. The molecule has 1 aromatic carbocycles. The van der Waals surface area contributed by atoms with E-state index in [9.17, 15) is 14.4 Å². The molecule has 0 aliphatic carbocycles. The molecule has 0 radical (unpaired) electrons. The van der Waals surface area contributed by atoms with Gasteiger partial charge in [0.2, 0.25) is 11.8 Å². The van der Waals surface area contributed by atoms with Crippen LogP contribution in [0.4, 0.5) is 4.79 Å². The zero-order valence-electron chi connectivity index (χ0n) is 23.2. The number of nitrogens with one attached hydrogen (secondary N) is 2. The van der Waals surface area contributed by atoms with Gasteiger partial charge in [0.25, 0.3) is 0 Å². The van der Waals surface area contributed by atoms with Gasteiger partial charge in [-0.25, -0.2) is 4.79 Å². The van der Waals surface area contributed by atoms with Crippen molar-refractivity contribution in [2.24, 2.45) is 0 Å². The normalized spacial score (nSPS) is 14.0. The molecule has 1 aromatic rings. The lowest BCUT2D eigenvalue weighted by Gasteiger charge is -2.45. The van der Waals surface area contributed by atoms with Crippen molar-refractivity contribution in [3.63, 3.8) is 0 Å². The molecule has 0 saturated carbocycles. The van der Waals surface area contributed by atoms with Gasteiger partial charge in [0.05, 0.1) is 0 Å². The van der Waals surface area contributed by atoms with E-state index in [1.165, 1.54) is 0 Å². The number of benzene rings is 1. The molecule has 0 aromatic heterocycles. The molecule has 7 nitrogen and oxygen atoms in total. The van der Waals surface area contributed by atoms with Gasteiger partial charge in [-0.2, -0.15) is 11.8 Å². The van der Waals surface area contributed by atoms with Crippen LogP contribution in [-0.4, -0.2) is 57.5 Å². The fourth-order valence-corrected chi connectivity index (χ4v) is 4.02. The highest BCUT2D eigenvalue weighted by molar-refractivity contribution is 7.98. The first-order valence-electron chi connectivity index (χ1n) is 12.2. The summed E-state index contributed by atoms with van der Waals surface area (Å²) in [5.41, 5.74) is -1.13. The van der Waals surface area contributed by atoms with Crippen LogP contribution in [0.15, 0.2) is 30.3 Å². The Hall–Kier alpha value is -2.22. The zero-order chi connectivity index (χ0) is 27.0. The Balaban J connectivity index is 3.57. The highest BCUT2D eigenvalue weighted by atomic mass is 32.2. The average Bonchev–Trinajstić information content (AvgIpc) is 2.72. The number of amides is 3. The van der Waals surface area contributed by atoms with Crippen LogP contribution in [0.1, 0.15) is 86.8 Å². The Bertz CT molecular complexity index is 844. The van der Waals surface area contributed by atoms with Crippen LogP contribution in [0, 0.1) is 0 Å². The summed E-state index contributed by atoms with van der Waals surface area (Å²) in [5.74, 6) is 0.0886. The third kappa shape index (κ3) is 10.1. The summed E-state index contributed by atoms with van der Waals surface area (Å²) in [6.07, 6.45) is 2.33. The van der Waals surface area contributed by atoms with Crippen molar-refractivity contribution in [2.45, 2.75) is 104 Å². The monoisotopic (exact) mass is 507 g/mol. The van der Waals surface area contributed by atoms with Crippen LogP contribution in [0.25, 0.3) is 0 Å². The second kappa shape index (κ2) is 12.7. The van der Waals surface area contributed by atoms with Crippen molar-refractivity contribution in [3.05, 3.63) is 35.9 Å². The summed E-state index contributed by atoms with van der Waals surface area (Å²) >= 11 is 1.59. The minimum absolute atomic E-state index is 0.264. The molecule has 0 spiro atoms. The van der Waals surface area contributed by atoms with E-state index in [0.717, 1.165) is 0 Å². The Morgan fingerprint density at radius 2 is 1.57 bits per heavy atom. The number of hydrogen-bond donors (Lipinski definition) is 2. The maximum Gasteiger partial charge on any atom is 0.408 e. The van der Waals surface area contributed by atoms with Gasteiger partial charge in [-0.15, -0.1) is 0 Å². The largest absolute Gasteiger partial charge is 0.444 e. The van der Waals surface area contributed by atoms with Gasteiger partial charge in [0.15, 0.2) is 0 Å². The van der Waals surface area contributed by atoms with Crippen molar-refractivity contribution >= 4 is 29.7 Å². The fourth-order valence-electron chi connectivity index (χ4n) is 3.55. The second-order valence-corrected chi connectivity index (χ2v) is 12.4. The molecule has 2 unspecified atom stereocenters. The Morgan fingerprint density at radius 3 is 2.03 bits per heavy atom. The fraction of sp³-hybridized carbons (Fsp3) is 0.667. The minimum Gasteiger partial charge on any atom is -0.444 e. The van der Waals surface area contributed by atoms with Crippen LogP contribution in [0.5, 0.6) is 0 Å². The number of alkyl carbamates (subject to hydrolysis) is 1. The molecule has 198 valence electrons. The Morgan fingerprint density at radius 1 is 1.00 bits per heavy atom. The summed E-state index contributed by atoms with van der Waals surface area (Å²) in [7, 11) is 0. The van der Waals surface area contributed by atoms with Gasteiger partial charge in [-0.1, -0.05) is 37.3 Å². The summed E-state index contributed by atoms with van der Waals surface area (Å²) in [5, 5.41) is 5.84. The number of nitrogens with zero attached hydrogens (tertiary/aromatic N) is 1. The predicted molar refractivity (Wildman–Crippen MR) is 144 cm³/mol. The van der Waals surface area contributed by atoms with Gasteiger partial charge in [-0.3, -0.25) is 9.59 Å². The second-order valence-electron chi connectivity index (χ2n) is 11.4. The van der Waals surface area contributed by atoms with Crippen LogP contribution >= 0.6 is 11.8 Å². The van der Waals surface area contributed by atoms with E-state index in [0.29, 0.717) is 24.2 Å². The van der Waals surface area contributed by atoms with Gasteiger partial charge < -0.3 is 20.3 Å². The molecule has 0 saturated heterocycles. The first-order chi connectivity index (χ1) is 16.0. The van der Waals surface area contributed by atoms with Crippen molar-refractivity contribution in [3.8, 4) is 0 Å². The molecule has 0 aliphatic heterocycles. The first kappa shape index (κ1) is 30.8.